The van der Waals surface area contributed by atoms with Crippen LogP contribution in [0.4, 0.5) is 5.69 Å². The normalized spacial score (nSPS) is 18.9. The van der Waals surface area contributed by atoms with E-state index in [9.17, 15) is 0 Å². The highest BCUT2D eigenvalue weighted by molar-refractivity contribution is 7.10. The molecule has 2 aromatic rings. The van der Waals surface area contributed by atoms with Gasteiger partial charge in [0.2, 0.25) is 0 Å². The second-order valence-corrected chi connectivity index (χ2v) is 5.80. The van der Waals surface area contributed by atoms with E-state index in [4.69, 9.17) is 10.9 Å². The van der Waals surface area contributed by atoms with Crippen molar-refractivity contribution in [2.75, 3.05) is 11.4 Å². The van der Waals surface area contributed by atoms with E-state index in [1.807, 2.05) is 11.3 Å². The van der Waals surface area contributed by atoms with Crippen molar-refractivity contribution in [1.82, 2.24) is 4.98 Å². The summed E-state index contributed by atoms with van der Waals surface area (Å²) >= 11 is 1.81. The summed E-state index contributed by atoms with van der Waals surface area (Å²) in [5, 5.41) is 14.2. The van der Waals surface area contributed by atoms with E-state index < -0.39 is 0 Å². The Morgan fingerprint density at radius 1 is 1.55 bits per heavy atom. The summed E-state index contributed by atoms with van der Waals surface area (Å²) in [5.41, 5.74) is 8.75. The van der Waals surface area contributed by atoms with Gasteiger partial charge in [0.15, 0.2) is 5.84 Å². The lowest BCUT2D eigenvalue weighted by Crippen LogP contribution is -2.34. The predicted molar refractivity (Wildman–Crippen MR) is 80.5 cm³/mol. The standard InChI is InChI=1S/C14H16N4OS/c1-9-10-4-7-20-13(10)3-6-18(9)12-8-16-5-2-11(12)14(15)17-19/h2,4-5,7-9,19H,3,6H2,1H3,(H2,15,17). The third-order valence-electron chi connectivity index (χ3n) is 3.77. The first-order valence-electron chi connectivity index (χ1n) is 6.47. The number of nitrogens with zero attached hydrogens (tertiary/aromatic N) is 3. The van der Waals surface area contributed by atoms with Crippen molar-refractivity contribution >= 4 is 22.9 Å². The van der Waals surface area contributed by atoms with Gasteiger partial charge in [-0.05, 0) is 36.4 Å². The van der Waals surface area contributed by atoms with Gasteiger partial charge >= 0.3 is 0 Å². The number of thiophene rings is 1. The Bertz CT molecular complexity index is 652. The van der Waals surface area contributed by atoms with Crippen LogP contribution in [0.5, 0.6) is 0 Å². The summed E-state index contributed by atoms with van der Waals surface area (Å²) in [5.74, 6) is 0.116. The average Bonchev–Trinajstić information content (AvgIpc) is 2.96. The van der Waals surface area contributed by atoms with Crippen LogP contribution in [0.25, 0.3) is 0 Å². The van der Waals surface area contributed by atoms with Crippen LogP contribution in [-0.4, -0.2) is 22.6 Å². The molecular weight excluding hydrogens is 272 g/mol. The number of oxime groups is 1. The molecule has 3 heterocycles. The lowest BCUT2D eigenvalue weighted by atomic mass is 10.00. The fraction of sp³-hybridized carbons (Fsp3) is 0.286. The lowest BCUT2D eigenvalue weighted by Gasteiger charge is -2.36. The summed E-state index contributed by atoms with van der Waals surface area (Å²) in [6, 6.07) is 4.22. The monoisotopic (exact) mass is 288 g/mol. The Kier molecular flexibility index (Phi) is 3.31. The van der Waals surface area contributed by atoms with E-state index >= 15 is 0 Å². The van der Waals surface area contributed by atoms with Crippen LogP contribution in [0.3, 0.4) is 0 Å². The van der Waals surface area contributed by atoms with Crippen molar-refractivity contribution in [1.29, 1.82) is 0 Å². The molecule has 0 bridgehead atoms. The van der Waals surface area contributed by atoms with Crippen molar-refractivity contribution in [3.63, 3.8) is 0 Å². The number of rotatable bonds is 2. The van der Waals surface area contributed by atoms with Crippen LogP contribution < -0.4 is 10.6 Å². The zero-order chi connectivity index (χ0) is 14.1. The van der Waals surface area contributed by atoms with Gasteiger partial charge in [0.25, 0.3) is 0 Å². The molecule has 0 radical (unpaired) electrons. The molecule has 1 aliphatic heterocycles. The topological polar surface area (TPSA) is 74.7 Å². The van der Waals surface area contributed by atoms with Gasteiger partial charge in [-0.2, -0.15) is 0 Å². The first kappa shape index (κ1) is 12.9. The van der Waals surface area contributed by atoms with E-state index in [-0.39, 0.29) is 11.9 Å². The molecule has 104 valence electrons. The molecule has 0 aromatic carbocycles. The highest BCUT2D eigenvalue weighted by Gasteiger charge is 2.27. The van der Waals surface area contributed by atoms with Crippen LogP contribution in [0.2, 0.25) is 0 Å². The third-order valence-corrected chi connectivity index (χ3v) is 4.77. The number of anilines is 1. The molecular formula is C14H16N4OS. The van der Waals surface area contributed by atoms with Crippen LogP contribution >= 0.6 is 11.3 Å². The summed E-state index contributed by atoms with van der Waals surface area (Å²) in [6.07, 6.45) is 4.45. The molecule has 1 unspecified atom stereocenters. The Hall–Kier alpha value is -2.08. The maximum Gasteiger partial charge on any atom is 0.172 e. The zero-order valence-corrected chi connectivity index (χ0v) is 12.0. The summed E-state index contributed by atoms with van der Waals surface area (Å²) in [4.78, 5) is 7.89. The molecule has 6 heteroatoms. The number of hydrogen-bond donors (Lipinski definition) is 2. The van der Waals surface area contributed by atoms with Crippen molar-refractivity contribution in [2.45, 2.75) is 19.4 Å². The molecule has 1 atom stereocenters. The number of pyridine rings is 1. The van der Waals surface area contributed by atoms with Gasteiger partial charge in [-0.25, -0.2) is 0 Å². The quantitative estimate of drug-likeness (QED) is 0.385. The maximum absolute atomic E-state index is 8.93. The van der Waals surface area contributed by atoms with Gasteiger partial charge in [0, 0.05) is 23.2 Å². The van der Waals surface area contributed by atoms with Crippen LogP contribution in [0, 0.1) is 0 Å². The van der Waals surface area contributed by atoms with E-state index in [1.54, 1.807) is 18.5 Å². The Labute approximate surface area is 121 Å². The van der Waals surface area contributed by atoms with Crippen molar-refractivity contribution < 1.29 is 5.21 Å². The third kappa shape index (κ3) is 2.02. The molecule has 2 aromatic heterocycles. The molecule has 0 spiro atoms. The average molecular weight is 288 g/mol. The van der Waals surface area contributed by atoms with Crippen LogP contribution in [0.1, 0.15) is 29.0 Å². The number of fused-ring (bicyclic) bond motifs is 1. The number of amidine groups is 1. The Balaban J connectivity index is 2.03. The molecule has 0 saturated heterocycles. The van der Waals surface area contributed by atoms with E-state index in [0.717, 1.165) is 18.7 Å². The molecule has 3 rings (SSSR count). The maximum atomic E-state index is 8.93. The second-order valence-electron chi connectivity index (χ2n) is 4.80. The minimum absolute atomic E-state index is 0.116. The molecule has 0 amide bonds. The lowest BCUT2D eigenvalue weighted by molar-refractivity contribution is 0.318. The summed E-state index contributed by atoms with van der Waals surface area (Å²) in [6.45, 7) is 3.08. The molecule has 0 saturated carbocycles. The van der Waals surface area contributed by atoms with Gasteiger partial charge in [0.05, 0.1) is 17.9 Å². The Morgan fingerprint density at radius 3 is 3.20 bits per heavy atom. The number of aromatic nitrogens is 1. The summed E-state index contributed by atoms with van der Waals surface area (Å²) < 4.78 is 0. The fourth-order valence-corrected chi connectivity index (χ4v) is 3.69. The predicted octanol–water partition coefficient (Wildman–Crippen LogP) is 2.36. The molecule has 0 aliphatic carbocycles. The van der Waals surface area contributed by atoms with Crippen LogP contribution in [-0.2, 0) is 6.42 Å². The van der Waals surface area contributed by atoms with E-state index in [1.165, 1.54) is 10.4 Å². The summed E-state index contributed by atoms with van der Waals surface area (Å²) in [7, 11) is 0. The largest absolute Gasteiger partial charge is 0.409 e. The van der Waals surface area contributed by atoms with Crippen molar-refractivity contribution in [3.8, 4) is 0 Å². The van der Waals surface area contributed by atoms with Gasteiger partial charge in [-0.15, -0.1) is 11.3 Å². The van der Waals surface area contributed by atoms with Crippen LogP contribution in [0.15, 0.2) is 35.1 Å². The SMILES string of the molecule is CC1c2ccsc2CCN1c1cnccc1/C(N)=N/O. The van der Waals surface area contributed by atoms with E-state index in [2.05, 4.69) is 33.4 Å². The Morgan fingerprint density at radius 2 is 2.40 bits per heavy atom. The smallest absolute Gasteiger partial charge is 0.172 e. The van der Waals surface area contributed by atoms with E-state index in [0.29, 0.717) is 5.56 Å². The highest BCUT2D eigenvalue weighted by Crippen LogP contribution is 2.36. The number of hydrogen-bond acceptors (Lipinski definition) is 5. The minimum Gasteiger partial charge on any atom is -0.409 e. The minimum atomic E-state index is 0.116. The molecule has 20 heavy (non-hydrogen) atoms. The van der Waals surface area contributed by atoms with Gasteiger partial charge in [-0.1, -0.05) is 5.16 Å². The molecule has 3 N–H and O–H groups in total. The van der Waals surface area contributed by atoms with Gasteiger partial charge in [0.1, 0.15) is 0 Å². The number of nitrogens with two attached hydrogens (primary N) is 1. The highest BCUT2D eigenvalue weighted by atomic mass is 32.1. The van der Waals surface area contributed by atoms with Gasteiger partial charge in [-0.3, -0.25) is 4.98 Å². The molecule has 0 fully saturated rings. The molecule has 5 nitrogen and oxygen atoms in total. The van der Waals surface area contributed by atoms with Gasteiger partial charge < -0.3 is 15.8 Å². The fourth-order valence-electron chi connectivity index (χ4n) is 2.72. The van der Waals surface area contributed by atoms with Crippen molar-refractivity contribution in [2.24, 2.45) is 10.9 Å². The first-order valence-corrected chi connectivity index (χ1v) is 7.35. The zero-order valence-electron chi connectivity index (χ0n) is 11.2. The van der Waals surface area contributed by atoms with Crippen molar-refractivity contribution in [3.05, 3.63) is 45.9 Å². The molecule has 1 aliphatic rings. The first-order chi connectivity index (χ1) is 9.72. The second kappa shape index (κ2) is 5.13.